The molecule has 0 saturated carbocycles. The Balaban J connectivity index is 2.19. The number of rotatable bonds is 5. The molecule has 0 amide bonds. The standard InChI is InChI=1S/C17H22N2O4/c1-17(2,3)14(15-18-9-10-19(15)16(20)21)11-23-13-7-5-12(22-4)6-8-13/h5-10,14H,11H2,1-4H3,(H,20,21). The van der Waals surface area contributed by atoms with E-state index in [1.54, 1.807) is 7.11 Å². The highest BCUT2D eigenvalue weighted by molar-refractivity contribution is 5.68. The summed E-state index contributed by atoms with van der Waals surface area (Å²) in [6.07, 6.45) is 1.90. The fourth-order valence-electron chi connectivity index (χ4n) is 2.30. The summed E-state index contributed by atoms with van der Waals surface area (Å²) < 4.78 is 12.1. The number of ether oxygens (including phenoxy) is 2. The molecule has 1 heterocycles. The van der Waals surface area contributed by atoms with Crippen molar-refractivity contribution in [3.63, 3.8) is 0 Å². The van der Waals surface area contributed by atoms with Crippen LogP contribution in [-0.4, -0.2) is 34.5 Å². The van der Waals surface area contributed by atoms with Crippen LogP contribution in [0.5, 0.6) is 11.5 Å². The van der Waals surface area contributed by atoms with Crippen molar-refractivity contribution in [3.8, 4) is 11.5 Å². The van der Waals surface area contributed by atoms with Crippen LogP contribution in [0.2, 0.25) is 0 Å². The van der Waals surface area contributed by atoms with Crippen LogP contribution in [0.4, 0.5) is 4.79 Å². The molecule has 0 spiro atoms. The number of hydrogen-bond acceptors (Lipinski definition) is 4. The van der Waals surface area contributed by atoms with Gasteiger partial charge < -0.3 is 14.6 Å². The first-order chi connectivity index (χ1) is 10.8. The van der Waals surface area contributed by atoms with Gasteiger partial charge >= 0.3 is 6.09 Å². The molecule has 1 N–H and O–H groups in total. The summed E-state index contributed by atoms with van der Waals surface area (Å²) in [5.41, 5.74) is -0.203. The second kappa shape index (κ2) is 6.73. The number of methoxy groups -OCH3 is 1. The normalized spacial score (nSPS) is 12.7. The lowest BCUT2D eigenvalue weighted by atomic mass is 9.80. The first kappa shape index (κ1) is 16.9. The fourth-order valence-corrected chi connectivity index (χ4v) is 2.30. The minimum atomic E-state index is -1.05. The fraction of sp³-hybridized carbons (Fsp3) is 0.412. The third kappa shape index (κ3) is 4.03. The third-order valence-electron chi connectivity index (χ3n) is 3.71. The van der Waals surface area contributed by atoms with Gasteiger partial charge in [-0.3, -0.25) is 0 Å². The quantitative estimate of drug-likeness (QED) is 0.911. The second-order valence-electron chi connectivity index (χ2n) is 6.34. The van der Waals surface area contributed by atoms with E-state index >= 15 is 0 Å². The van der Waals surface area contributed by atoms with Crippen LogP contribution in [0.1, 0.15) is 32.5 Å². The maximum Gasteiger partial charge on any atom is 0.417 e. The molecule has 124 valence electrons. The zero-order valence-corrected chi connectivity index (χ0v) is 13.8. The molecular weight excluding hydrogens is 296 g/mol. The van der Waals surface area contributed by atoms with Gasteiger partial charge in [-0.1, -0.05) is 20.8 Å². The summed E-state index contributed by atoms with van der Waals surface area (Å²) in [6, 6.07) is 7.28. The van der Waals surface area contributed by atoms with Crippen LogP contribution >= 0.6 is 0 Å². The molecule has 6 nitrogen and oxygen atoms in total. The molecule has 1 aromatic carbocycles. The van der Waals surface area contributed by atoms with E-state index in [-0.39, 0.29) is 11.3 Å². The molecule has 0 aliphatic carbocycles. The molecule has 0 fully saturated rings. The monoisotopic (exact) mass is 318 g/mol. The maximum absolute atomic E-state index is 11.3. The van der Waals surface area contributed by atoms with E-state index < -0.39 is 6.09 Å². The SMILES string of the molecule is COc1ccc(OCC(c2nccn2C(=O)O)C(C)(C)C)cc1. The number of aromatic nitrogens is 2. The predicted octanol–water partition coefficient (Wildman–Crippen LogP) is 3.63. The molecule has 0 aliphatic rings. The Kier molecular flexibility index (Phi) is 4.93. The molecule has 2 aromatic rings. The Morgan fingerprint density at radius 3 is 2.39 bits per heavy atom. The van der Waals surface area contributed by atoms with Crippen molar-refractivity contribution in [2.24, 2.45) is 5.41 Å². The van der Waals surface area contributed by atoms with Gasteiger partial charge in [0.2, 0.25) is 0 Å². The Labute approximate surface area is 135 Å². The van der Waals surface area contributed by atoms with Crippen LogP contribution in [0, 0.1) is 5.41 Å². The molecule has 6 heteroatoms. The first-order valence-corrected chi connectivity index (χ1v) is 7.36. The van der Waals surface area contributed by atoms with Gasteiger partial charge in [0.15, 0.2) is 0 Å². The van der Waals surface area contributed by atoms with Gasteiger partial charge in [0.25, 0.3) is 0 Å². The van der Waals surface area contributed by atoms with Crippen LogP contribution < -0.4 is 9.47 Å². The van der Waals surface area contributed by atoms with E-state index in [1.165, 1.54) is 12.4 Å². The Hall–Kier alpha value is -2.50. The summed E-state index contributed by atoms with van der Waals surface area (Å²) in [5, 5.41) is 9.28. The third-order valence-corrected chi connectivity index (χ3v) is 3.71. The van der Waals surface area contributed by atoms with E-state index in [0.717, 1.165) is 10.3 Å². The van der Waals surface area contributed by atoms with Crippen molar-refractivity contribution < 1.29 is 19.4 Å². The lowest BCUT2D eigenvalue weighted by Gasteiger charge is -2.30. The molecule has 0 aliphatic heterocycles. The minimum absolute atomic E-state index is 0.171. The van der Waals surface area contributed by atoms with Crippen molar-refractivity contribution in [2.45, 2.75) is 26.7 Å². The largest absolute Gasteiger partial charge is 0.497 e. The molecule has 0 radical (unpaired) electrons. The van der Waals surface area contributed by atoms with E-state index in [9.17, 15) is 9.90 Å². The van der Waals surface area contributed by atoms with Gasteiger partial charge in [0.1, 0.15) is 17.3 Å². The molecule has 1 atom stereocenters. The molecule has 0 saturated heterocycles. The van der Waals surface area contributed by atoms with Gasteiger partial charge in [-0.15, -0.1) is 0 Å². The first-order valence-electron chi connectivity index (χ1n) is 7.36. The Bertz CT molecular complexity index is 656. The van der Waals surface area contributed by atoms with Crippen LogP contribution in [-0.2, 0) is 0 Å². The summed E-state index contributed by atoms with van der Waals surface area (Å²) >= 11 is 0. The highest BCUT2D eigenvalue weighted by Gasteiger charge is 2.31. The molecule has 0 bridgehead atoms. The summed E-state index contributed by atoms with van der Waals surface area (Å²) in [6.45, 7) is 6.45. The van der Waals surface area contributed by atoms with Gasteiger partial charge in [-0.05, 0) is 29.7 Å². The summed E-state index contributed by atoms with van der Waals surface area (Å²) in [4.78, 5) is 15.6. The number of hydrogen-bond donors (Lipinski definition) is 1. The summed E-state index contributed by atoms with van der Waals surface area (Å²) in [5.74, 6) is 1.77. The second-order valence-corrected chi connectivity index (χ2v) is 6.34. The van der Waals surface area contributed by atoms with Crippen molar-refractivity contribution in [2.75, 3.05) is 13.7 Å². The highest BCUT2D eigenvalue weighted by atomic mass is 16.5. The molecule has 23 heavy (non-hydrogen) atoms. The van der Waals surface area contributed by atoms with Crippen LogP contribution in [0.15, 0.2) is 36.7 Å². The molecular formula is C17H22N2O4. The Morgan fingerprint density at radius 1 is 1.26 bits per heavy atom. The zero-order chi connectivity index (χ0) is 17.0. The van der Waals surface area contributed by atoms with Gasteiger partial charge in [-0.2, -0.15) is 0 Å². The molecule has 1 aromatic heterocycles. The topological polar surface area (TPSA) is 73.6 Å². The van der Waals surface area contributed by atoms with Crippen molar-refractivity contribution >= 4 is 6.09 Å². The Morgan fingerprint density at radius 2 is 1.87 bits per heavy atom. The van der Waals surface area contributed by atoms with E-state index in [1.807, 2.05) is 45.0 Å². The van der Waals surface area contributed by atoms with Gasteiger partial charge in [-0.25, -0.2) is 14.3 Å². The molecule has 1 unspecified atom stereocenters. The van der Waals surface area contributed by atoms with Gasteiger partial charge in [0.05, 0.1) is 19.6 Å². The number of imidazole rings is 1. The number of nitrogens with zero attached hydrogens (tertiary/aromatic N) is 2. The van der Waals surface area contributed by atoms with E-state index in [0.29, 0.717) is 18.2 Å². The maximum atomic E-state index is 11.3. The van der Waals surface area contributed by atoms with Crippen LogP contribution in [0.3, 0.4) is 0 Å². The summed E-state index contributed by atoms with van der Waals surface area (Å²) in [7, 11) is 1.61. The van der Waals surface area contributed by atoms with Crippen molar-refractivity contribution in [1.82, 2.24) is 9.55 Å². The average Bonchev–Trinajstić information content (AvgIpc) is 2.96. The lowest BCUT2D eigenvalue weighted by Crippen LogP contribution is -2.29. The average molecular weight is 318 g/mol. The van der Waals surface area contributed by atoms with Gasteiger partial charge in [0, 0.05) is 12.4 Å². The van der Waals surface area contributed by atoms with E-state index in [4.69, 9.17) is 9.47 Å². The van der Waals surface area contributed by atoms with E-state index in [2.05, 4.69) is 4.98 Å². The lowest BCUT2D eigenvalue weighted by molar-refractivity contribution is 0.180. The van der Waals surface area contributed by atoms with Crippen LogP contribution in [0.25, 0.3) is 0 Å². The number of carboxylic acid groups (broad SMARTS) is 1. The van der Waals surface area contributed by atoms with Crippen molar-refractivity contribution in [3.05, 3.63) is 42.5 Å². The zero-order valence-electron chi connectivity index (χ0n) is 13.8. The highest BCUT2D eigenvalue weighted by Crippen LogP contribution is 2.35. The smallest absolute Gasteiger partial charge is 0.417 e. The minimum Gasteiger partial charge on any atom is -0.497 e. The number of carbonyl (C=O) groups is 1. The number of benzene rings is 1. The molecule has 2 rings (SSSR count). The predicted molar refractivity (Wildman–Crippen MR) is 86.3 cm³/mol. The van der Waals surface area contributed by atoms with Crippen molar-refractivity contribution in [1.29, 1.82) is 0 Å².